The monoisotopic (exact) mass is 477 g/mol. The van der Waals surface area contributed by atoms with E-state index in [1.807, 2.05) is 18.3 Å². The van der Waals surface area contributed by atoms with Gasteiger partial charge in [0.2, 0.25) is 0 Å². The molecule has 0 atom stereocenters. The highest BCUT2D eigenvalue weighted by Gasteiger charge is 2.30. The number of benzene rings is 2. The molecular formula is C24H27ClF3N5. The molecule has 3 aromatic rings. The van der Waals surface area contributed by atoms with Crippen LogP contribution in [0.4, 0.5) is 13.2 Å². The van der Waals surface area contributed by atoms with Gasteiger partial charge in [0.1, 0.15) is 0 Å². The lowest BCUT2D eigenvalue weighted by atomic mass is 10.1. The summed E-state index contributed by atoms with van der Waals surface area (Å²) in [6.07, 6.45) is -2.49. The first-order chi connectivity index (χ1) is 15.8. The Kier molecular flexibility index (Phi) is 7.38. The predicted octanol–water partition coefficient (Wildman–Crippen LogP) is 4.55. The minimum absolute atomic E-state index is 0.571. The quantitative estimate of drug-likeness (QED) is 0.507. The third-order valence-electron chi connectivity index (χ3n) is 5.88. The molecule has 5 nitrogen and oxygen atoms in total. The van der Waals surface area contributed by atoms with Gasteiger partial charge in [-0.15, -0.1) is 0 Å². The van der Waals surface area contributed by atoms with Crippen LogP contribution in [0.3, 0.4) is 0 Å². The van der Waals surface area contributed by atoms with Crippen molar-refractivity contribution in [1.29, 1.82) is 0 Å². The highest BCUT2D eigenvalue weighted by molar-refractivity contribution is 6.30. The lowest BCUT2D eigenvalue weighted by molar-refractivity contribution is -0.137. The van der Waals surface area contributed by atoms with Crippen LogP contribution in [0.1, 0.15) is 11.1 Å². The highest BCUT2D eigenvalue weighted by Crippen LogP contribution is 2.30. The standard InChI is InChI=1S/C24H27ClF3N5/c1-31-12-14-32(15-13-31)11-10-29-16-19-17-33(22-8-4-20(5-9-22)24(26,27)28)30-23(19)18-2-6-21(25)7-3-18/h2-9,17,29H,10-16H2,1H3. The second-order valence-corrected chi connectivity index (χ2v) is 8.76. The van der Waals surface area contributed by atoms with E-state index in [4.69, 9.17) is 11.6 Å². The first kappa shape index (κ1) is 23.8. The molecule has 0 spiro atoms. The number of aromatic nitrogens is 2. The molecule has 0 unspecified atom stereocenters. The summed E-state index contributed by atoms with van der Waals surface area (Å²) >= 11 is 6.04. The van der Waals surface area contributed by atoms with E-state index < -0.39 is 11.7 Å². The van der Waals surface area contributed by atoms with Crippen LogP contribution in [0.15, 0.2) is 54.7 Å². The van der Waals surface area contributed by atoms with Crippen molar-refractivity contribution in [3.63, 3.8) is 0 Å². The molecule has 4 rings (SSSR count). The Bertz CT molecular complexity index is 1040. The summed E-state index contributed by atoms with van der Waals surface area (Å²) in [7, 11) is 2.14. The minimum Gasteiger partial charge on any atom is -0.311 e. The van der Waals surface area contributed by atoms with Crippen LogP contribution >= 0.6 is 11.6 Å². The maximum Gasteiger partial charge on any atom is 0.416 e. The van der Waals surface area contributed by atoms with Crippen LogP contribution in [0.5, 0.6) is 0 Å². The SMILES string of the molecule is CN1CCN(CCNCc2cn(-c3ccc(C(F)(F)F)cc3)nc2-c2ccc(Cl)cc2)CC1. The smallest absolute Gasteiger partial charge is 0.311 e. The molecule has 0 radical (unpaired) electrons. The topological polar surface area (TPSA) is 36.3 Å². The van der Waals surface area contributed by atoms with Crippen molar-refractivity contribution < 1.29 is 13.2 Å². The van der Waals surface area contributed by atoms with Gasteiger partial charge in [0.25, 0.3) is 0 Å². The molecule has 176 valence electrons. The lowest BCUT2D eigenvalue weighted by Gasteiger charge is -2.32. The Morgan fingerprint density at radius 3 is 2.27 bits per heavy atom. The van der Waals surface area contributed by atoms with Crippen LogP contribution in [0.2, 0.25) is 5.02 Å². The van der Waals surface area contributed by atoms with Crippen molar-refractivity contribution in [1.82, 2.24) is 24.9 Å². The molecule has 1 aliphatic rings. The normalized spacial score (nSPS) is 15.8. The Balaban J connectivity index is 1.49. The molecule has 33 heavy (non-hydrogen) atoms. The molecule has 1 saturated heterocycles. The van der Waals surface area contributed by atoms with E-state index in [1.165, 1.54) is 12.1 Å². The zero-order valence-corrected chi connectivity index (χ0v) is 19.2. The van der Waals surface area contributed by atoms with E-state index in [9.17, 15) is 13.2 Å². The fraction of sp³-hybridized carbons (Fsp3) is 0.375. The van der Waals surface area contributed by atoms with Crippen molar-refractivity contribution >= 4 is 11.6 Å². The average Bonchev–Trinajstić information content (AvgIpc) is 3.22. The molecule has 1 fully saturated rings. The molecule has 2 aromatic carbocycles. The van der Waals surface area contributed by atoms with Crippen LogP contribution < -0.4 is 5.32 Å². The lowest BCUT2D eigenvalue weighted by Crippen LogP contribution is -2.46. The summed E-state index contributed by atoms with van der Waals surface area (Å²) in [5.41, 5.74) is 2.54. The first-order valence-corrected chi connectivity index (χ1v) is 11.3. The number of likely N-dealkylation sites (N-methyl/N-ethyl adjacent to an activating group) is 1. The van der Waals surface area contributed by atoms with Crippen molar-refractivity contribution in [3.05, 3.63) is 70.9 Å². The molecule has 0 saturated carbocycles. The molecule has 1 aliphatic heterocycles. The fourth-order valence-corrected chi connectivity index (χ4v) is 3.98. The van der Waals surface area contributed by atoms with Crippen molar-refractivity contribution in [3.8, 4) is 16.9 Å². The molecule has 2 heterocycles. The zero-order chi connectivity index (χ0) is 23.4. The van der Waals surface area contributed by atoms with Gasteiger partial charge < -0.3 is 10.2 Å². The number of alkyl halides is 3. The largest absolute Gasteiger partial charge is 0.416 e. The molecule has 1 aromatic heterocycles. The van der Waals surface area contributed by atoms with Gasteiger partial charge in [0.05, 0.1) is 16.9 Å². The maximum atomic E-state index is 12.9. The molecular weight excluding hydrogens is 451 g/mol. The molecule has 1 N–H and O–H groups in total. The van der Waals surface area contributed by atoms with Gasteiger partial charge in [0.15, 0.2) is 0 Å². The summed E-state index contributed by atoms with van der Waals surface area (Å²) in [6.45, 7) is 6.72. The number of hydrogen-bond acceptors (Lipinski definition) is 4. The van der Waals surface area contributed by atoms with Gasteiger partial charge in [-0.2, -0.15) is 18.3 Å². The third-order valence-corrected chi connectivity index (χ3v) is 6.13. The maximum absolute atomic E-state index is 12.9. The number of rotatable bonds is 7. The second-order valence-electron chi connectivity index (χ2n) is 8.32. The highest BCUT2D eigenvalue weighted by atomic mass is 35.5. The predicted molar refractivity (Wildman–Crippen MR) is 125 cm³/mol. The summed E-state index contributed by atoms with van der Waals surface area (Å²) in [4.78, 5) is 4.77. The first-order valence-electron chi connectivity index (χ1n) is 10.9. The van der Waals surface area contributed by atoms with Gasteiger partial charge >= 0.3 is 6.18 Å². The molecule has 0 bridgehead atoms. The minimum atomic E-state index is -4.37. The molecule has 9 heteroatoms. The van der Waals surface area contributed by atoms with E-state index in [0.717, 1.165) is 68.2 Å². The number of piperazine rings is 1. The van der Waals surface area contributed by atoms with Crippen molar-refractivity contribution in [2.75, 3.05) is 46.3 Å². The van der Waals surface area contributed by atoms with Crippen LogP contribution in [0, 0.1) is 0 Å². The van der Waals surface area contributed by atoms with Crippen molar-refractivity contribution in [2.24, 2.45) is 0 Å². The average molecular weight is 478 g/mol. The number of halogens is 4. The van der Waals surface area contributed by atoms with E-state index in [0.29, 0.717) is 17.3 Å². The van der Waals surface area contributed by atoms with Gasteiger partial charge in [-0.3, -0.25) is 4.90 Å². The number of nitrogens with one attached hydrogen (secondary N) is 1. The second kappa shape index (κ2) is 10.3. The van der Waals surface area contributed by atoms with Crippen LogP contribution in [0.25, 0.3) is 16.9 Å². The van der Waals surface area contributed by atoms with E-state index in [1.54, 1.807) is 16.8 Å². The Hall–Kier alpha value is -2.39. The van der Waals surface area contributed by atoms with Gasteiger partial charge in [-0.25, -0.2) is 4.68 Å². The van der Waals surface area contributed by atoms with Gasteiger partial charge in [-0.05, 0) is 43.4 Å². The Morgan fingerprint density at radius 2 is 1.64 bits per heavy atom. The Morgan fingerprint density at radius 1 is 0.970 bits per heavy atom. The van der Waals surface area contributed by atoms with Crippen LogP contribution in [-0.2, 0) is 12.7 Å². The molecule has 0 aliphatic carbocycles. The summed E-state index contributed by atoms with van der Waals surface area (Å²) in [5, 5.41) is 8.81. The van der Waals surface area contributed by atoms with Gasteiger partial charge in [-0.1, -0.05) is 23.7 Å². The molecule has 0 amide bonds. The summed E-state index contributed by atoms with van der Waals surface area (Å²) in [6, 6.07) is 12.4. The van der Waals surface area contributed by atoms with Gasteiger partial charge in [0, 0.05) is 68.2 Å². The van der Waals surface area contributed by atoms with E-state index in [-0.39, 0.29) is 0 Å². The Labute approximate surface area is 196 Å². The summed E-state index contributed by atoms with van der Waals surface area (Å²) < 4.78 is 40.4. The van der Waals surface area contributed by atoms with Crippen molar-refractivity contribution in [2.45, 2.75) is 12.7 Å². The van der Waals surface area contributed by atoms with E-state index in [2.05, 4.69) is 27.3 Å². The van der Waals surface area contributed by atoms with Crippen LogP contribution in [-0.4, -0.2) is 65.9 Å². The number of nitrogens with zero attached hydrogens (tertiary/aromatic N) is 4. The zero-order valence-electron chi connectivity index (χ0n) is 18.4. The number of hydrogen-bond donors (Lipinski definition) is 1. The summed E-state index contributed by atoms with van der Waals surface area (Å²) in [5.74, 6) is 0. The fourth-order valence-electron chi connectivity index (χ4n) is 3.86. The third kappa shape index (κ3) is 6.14. The van der Waals surface area contributed by atoms with E-state index >= 15 is 0 Å².